The van der Waals surface area contributed by atoms with Crippen molar-refractivity contribution in [2.24, 2.45) is 0 Å². The fourth-order valence-electron chi connectivity index (χ4n) is 3.23. The van der Waals surface area contributed by atoms with Gasteiger partial charge in [-0.2, -0.15) is 14.8 Å². The minimum Gasteiger partial charge on any atom is -0.497 e. The first-order valence-electron chi connectivity index (χ1n) is 9.42. The minimum absolute atomic E-state index is 0.226. The number of ketones is 1. The normalized spacial score (nSPS) is 11.6. The second-order valence-corrected chi connectivity index (χ2v) is 6.64. The maximum absolute atomic E-state index is 13.3. The summed E-state index contributed by atoms with van der Waals surface area (Å²) in [6, 6.07) is 24.2. The van der Waals surface area contributed by atoms with Gasteiger partial charge in [0.1, 0.15) is 11.8 Å². The van der Waals surface area contributed by atoms with Gasteiger partial charge < -0.3 is 4.74 Å². The van der Waals surface area contributed by atoms with E-state index in [1.54, 1.807) is 67.8 Å². The van der Waals surface area contributed by atoms with E-state index in [4.69, 9.17) is 4.74 Å². The number of ether oxygens (including phenoxy) is 1. The number of hydrogen-bond donors (Lipinski definition) is 0. The predicted octanol–water partition coefficient (Wildman–Crippen LogP) is 3.79. The summed E-state index contributed by atoms with van der Waals surface area (Å²) in [7, 11) is 1.59. The zero-order valence-corrected chi connectivity index (χ0v) is 16.3. The van der Waals surface area contributed by atoms with Gasteiger partial charge in [0.2, 0.25) is 0 Å². The van der Waals surface area contributed by atoms with E-state index >= 15 is 0 Å². The van der Waals surface area contributed by atoms with Crippen LogP contribution in [-0.4, -0.2) is 27.7 Å². The Morgan fingerprint density at radius 2 is 1.53 bits per heavy atom. The first-order valence-corrected chi connectivity index (χ1v) is 9.42. The number of aromatic nitrogens is 3. The number of rotatable bonds is 6. The summed E-state index contributed by atoms with van der Waals surface area (Å²) in [5.41, 5.74) is 1.73. The molecule has 4 rings (SSSR count). The zero-order chi connectivity index (χ0) is 20.9. The summed E-state index contributed by atoms with van der Waals surface area (Å²) in [4.78, 5) is 30.4. The van der Waals surface area contributed by atoms with Crippen molar-refractivity contribution in [2.45, 2.75) is 6.04 Å². The highest BCUT2D eigenvalue weighted by molar-refractivity contribution is 6.00. The number of carbonyl (C=O) groups is 1. The summed E-state index contributed by atoms with van der Waals surface area (Å²) in [6.45, 7) is 0. The quantitative estimate of drug-likeness (QED) is 0.463. The smallest absolute Gasteiger partial charge is 0.365 e. The molecule has 0 saturated heterocycles. The molecule has 3 aromatic carbocycles. The second kappa shape index (κ2) is 8.53. The van der Waals surface area contributed by atoms with Crippen LogP contribution in [0.1, 0.15) is 22.0 Å². The molecule has 148 valence electrons. The monoisotopic (exact) mass is 397 g/mol. The molecule has 1 unspecified atom stereocenters. The zero-order valence-electron chi connectivity index (χ0n) is 16.3. The standard InChI is InChI=1S/C24H19N3O3/c1-30-20-14-12-17(13-15-20)21-16-25-27(24(29)26-21)22(18-8-4-2-5-9-18)23(28)19-10-6-3-7-11-19/h2-16,22H,1H3. The fourth-order valence-corrected chi connectivity index (χ4v) is 3.23. The Balaban J connectivity index is 1.77. The van der Waals surface area contributed by atoms with Crippen LogP contribution < -0.4 is 10.4 Å². The minimum atomic E-state index is -0.904. The van der Waals surface area contributed by atoms with Crippen LogP contribution in [-0.2, 0) is 0 Å². The third kappa shape index (κ3) is 3.89. The molecule has 0 spiro atoms. The molecular weight excluding hydrogens is 378 g/mol. The van der Waals surface area contributed by atoms with E-state index in [2.05, 4.69) is 10.1 Å². The molecule has 30 heavy (non-hydrogen) atoms. The number of nitrogens with zero attached hydrogens (tertiary/aromatic N) is 3. The molecule has 0 saturated carbocycles. The molecule has 0 aliphatic carbocycles. The highest BCUT2D eigenvalue weighted by Gasteiger charge is 2.26. The Morgan fingerprint density at radius 3 is 2.13 bits per heavy atom. The molecular formula is C24H19N3O3. The Labute approximate surface area is 173 Å². The second-order valence-electron chi connectivity index (χ2n) is 6.64. The Morgan fingerprint density at radius 1 is 0.900 bits per heavy atom. The van der Waals surface area contributed by atoms with Gasteiger partial charge in [-0.15, -0.1) is 0 Å². The third-order valence-electron chi connectivity index (χ3n) is 4.77. The molecule has 0 aliphatic heterocycles. The van der Waals surface area contributed by atoms with Crippen LogP contribution in [0.3, 0.4) is 0 Å². The highest BCUT2D eigenvalue weighted by Crippen LogP contribution is 2.23. The van der Waals surface area contributed by atoms with Crippen molar-refractivity contribution < 1.29 is 9.53 Å². The molecule has 4 aromatic rings. The molecule has 1 heterocycles. The van der Waals surface area contributed by atoms with Crippen molar-refractivity contribution in [3.63, 3.8) is 0 Å². The van der Waals surface area contributed by atoms with Crippen LogP contribution in [0, 0.1) is 0 Å². The van der Waals surface area contributed by atoms with Crippen molar-refractivity contribution in [3.8, 4) is 17.0 Å². The molecule has 0 aliphatic rings. The van der Waals surface area contributed by atoms with Gasteiger partial charge in [-0.05, 0) is 29.8 Å². The maximum Gasteiger partial charge on any atom is 0.365 e. The van der Waals surface area contributed by atoms with Crippen LogP contribution >= 0.6 is 0 Å². The molecule has 6 nitrogen and oxygen atoms in total. The average Bonchev–Trinajstić information content (AvgIpc) is 2.81. The van der Waals surface area contributed by atoms with Crippen LogP contribution in [0.4, 0.5) is 0 Å². The predicted molar refractivity (Wildman–Crippen MR) is 114 cm³/mol. The molecule has 6 heteroatoms. The number of methoxy groups -OCH3 is 1. The largest absolute Gasteiger partial charge is 0.497 e. The average molecular weight is 397 g/mol. The van der Waals surface area contributed by atoms with Crippen LogP contribution in [0.25, 0.3) is 11.3 Å². The van der Waals surface area contributed by atoms with E-state index in [1.165, 1.54) is 6.20 Å². The summed E-state index contributed by atoms with van der Waals surface area (Å²) in [6.07, 6.45) is 1.50. The molecule has 1 aromatic heterocycles. The molecule has 0 N–H and O–H groups in total. The van der Waals surface area contributed by atoms with E-state index in [1.807, 2.05) is 24.3 Å². The van der Waals surface area contributed by atoms with Gasteiger partial charge in [0.25, 0.3) is 0 Å². The van der Waals surface area contributed by atoms with Gasteiger partial charge in [0.05, 0.1) is 19.0 Å². The summed E-state index contributed by atoms with van der Waals surface area (Å²) >= 11 is 0. The van der Waals surface area contributed by atoms with E-state index in [9.17, 15) is 9.59 Å². The van der Waals surface area contributed by atoms with Gasteiger partial charge in [0.15, 0.2) is 5.78 Å². The number of benzene rings is 3. The Bertz CT molecular complexity index is 1200. The molecule has 0 amide bonds. The lowest BCUT2D eigenvalue weighted by atomic mass is 9.97. The van der Waals surface area contributed by atoms with E-state index in [-0.39, 0.29) is 5.78 Å². The van der Waals surface area contributed by atoms with Gasteiger partial charge in [0, 0.05) is 11.1 Å². The van der Waals surface area contributed by atoms with E-state index in [0.29, 0.717) is 22.6 Å². The van der Waals surface area contributed by atoms with Gasteiger partial charge in [-0.1, -0.05) is 60.7 Å². The summed E-state index contributed by atoms with van der Waals surface area (Å²) < 4.78 is 6.29. The first-order chi connectivity index (χ1) is 14.7. The lowest BCUT2D eigenvalue weighted by Crippen LogP contribution is -2.34. The Kier molecular flexibility index (Phi) is 5.48. The Hall–Kier alpha value is -4.06. The van der Waals surface area contributed by atoms with Crippen LogP contribution in [0.5, 0.6) is 5.75 Å². The van der Waals surface area contributed by atoms with Crippen molar-refractivity contribution in [1.82, 2.24) is 14.8 Å². The molecule has 0 fully saturated rings. The van der Waals surface area contributed by atoms with Crippen LogP contribution in [0.2, 0.25) is 0 Å². The number of Topliss-reactive ketones (excluding diaryl/α,β-unsaturated/α-hetero) is 1. The van der Waals surface area contributed by atoms with Crippen molar-refractivity contribution in [1.29, 1.82) is 0 Å². The number of carbonyl (C=O) groups excluding carboxylic acids is 1. The van der Waals surface area contributed by atoms with Gasteiger partial charge in [-0.25, -0.2) is 4.79 Å². The van der Waals surface area contributed by atoms with Gasteiger partial charge >= 0.3 is 5.69 Å². The van der Waals surface area contributed by atoms with E-state index in [0.717, 1.165) is 10.2 Å². The van der Waals surface area contributed by atoms with Gasteiger partial charge in [-0.3, -0.25) is 4.79 Å². The highest BCUT2D eigenvalue weighted by atomic mass is 16.5. The van der Waals surface area contributed by atoms with Crippen molar-refractivity contribution in [3.05, 3.63) is 113 Å². The lowest BCUT2D eigenvalue weighted by molar-refractivity contribution is 0.0936. The van der Waals surface area contributed by atoms with Crippen molar-refractivity contribution >= 4 is 5.78 Å². The summed E-state index contributed by atoms with van der Waals surface area (Å²) in [5.74, 6) is 0.480. The first kappa shape index (κ1) is 19.3. The number of hydrogen-bond acceptors (Lipinski definition) is 5. The van der Waals surface area contributed by atoms with Crippen LogP contribution in [0.15, 0.2) is 95.9 Å². The fraction of sp³-hybridized carbons (Fsp3) is 0.0833. The molecule has 0 bridgehead atoms. The molecule has 0 radical (unpaired) electrons. The van der Waals surface area contributed by atoms with Crippen molar-refractivity contribution in [2.75, 3.05) is 7.11 Å². The summed E-state index contributed by atoms with van der Waals surface area (Å²) in [5, 5.41) is 4.31. The van der Waals surface area contributed by atoms with E-state index < -0.39 is 11.7 Å². The third-order valence-corrected chi connectivity index (χ3v) is 4.77. The lowest BCUT2D eigenvalue weighted by Gasteiger charge is -2.18. The topological polar surface area (TPSA) is 74.1 Å². The maximum atomic E-state index is 13.3. The SMILES string of the molecule is COc1ccc(-c2cnn(C(C(=O)c3ccccc3)c3ccccc3)c(=O)n2)cc1. The molecule has 1 atom stereocenters.